The summed E-state index contributed by atoms with van der Waals surface area (Å²) in [6.45, 7) is 1.24. The number of sulfonamides is 1. The van der Waals surface area contributed by atoms with Crippen molar-refractivity contribution in [1.29, 1.82) is 0 Å². The van der Waals surface area contributed by atoms with Gasteiger partial charge in [0.15, 0.2) is 5.70 Å². The van der Waals surface area contributed by atoms with E-state index in [1.165, 1.54) is 4.31 Å². The number of carbonyl (C=O) groups excluding carboxylic acids is 1. The number of rotatable bonds is 11. The van der Waals surface area contributed by atoms with Crippen LogP contribution in [0.1, 0.15) is 31.2 Å². The topological polar surface area (TPSA) is 79.3 Å². The first-order valence-electron chi connectivity index (χ1n) is 12.1. The van der Waals surface area contributed by atoms with Gasteiger partial charge in [-0.1, -0.05) is 67.4 Å². The number of benzene rings is 3. The predicted molar refractivity (Wildman–Crippen MR) is 142 cm³/mol. The highest BCUT2D eigenvalue weighted by Gasteiger charge is 2.25. The standard InChI is InChI=1S/C28H31N3O4S/c1-30(19-10-3-4-11-20-31(2)36(33,34)23-15-6-5-7-16-23)21-26-28(32)35-27(29-26)25-18-12-14-22-13-8-9-17-24(22)25/h5-9,12-18,21H,3-4,10-11,19-20H2,1-2H3/b26-21+. The lowest BCUT2D eigenvalue weighted by Crippen LogP contribution is -2.27. The number of nitrogens with zero attached hydrogens (tertiary/aromatic N) is 3. The van der Waals surface area contributed by atoms with Gasteiger partial charge in [0.2, 0.25) is 15.9 Å². The third kappa shape index (κ3) is 6.01. The van der Waals surface area contributed by atoms with E-state index in [0.717, 1.165) is 48.6 Å². The molecule has 0 unspecified atom stereocenters. The molecule has 0 saturated heterocycles. The molecule has 0 saturated carbocycles. The second kappa shape index (κ2) is 11.5. The average molecular weight is 506 g/mol. The van der Waals surface area contributed by atoms with Crippen LogP contribution in [0.4, 0.5) is 0 Å². The van der Waals surface area contributed by atoms with E-state index in [4.69, 9.17) is 4.74 Å². The van der Waals surface area contributed by atoms with Crippen LogP contribution in [0.5, 0.6) is 0 Å². The van der Waals surface area contributed by atoms with Gasteiger partial charge < -0.3 is 9.64 Å². The van der Waals surface area contributed by atoms with Gasteiger partial charge in [-0.25, -0.2) is 22.5 Å². The number of aliphatic imine (C=N–C) groups is 1. The molecule has 4 rings (SSSR count). The number of hydrogen-bond donors (Lipinski definition) is 0. The summed E-state index contributed by atoms with van der Waals surface area (Å²) in [5.74, 6) is -0.126. The third-order valence-electron chi connectivity index (χ3n) is 6.17. The molecule has 0 aliphatic carbocycles. The maximum absolute atomic E-state index is 12.6. The van der Waals surface area contributed by atoms with E-state index in [9.17, 15) is 13.2 Å². The quantitative estimate of drug-likeness (QED) is 0.213. The van der Waals surface area contributed by atoms with Gasteiger partial charge in [0.1, 0.15) is 0 Å². The Morgan fingerprint density at radius 1 is 0.833 bits per heavy atom. The number of esters is 1. The molecule has 7 nitrogen and oxygen atoms in total. The van der Waals surface area contributed by atoms with E-state index >= 15 is 0 Å². The molecule has 0 radical (unpaired) electrons. The van der Waals surface area contributed by atoms with E-state index in [-0.39, 0.29) is 5.70 Å². The van der Waals surface area contributed by atoms with Crippen LogP contribution in [0.2, 0.25) is 0 Å². The van der Waals surface area contributed by atoms with Gasteiger partial charge in [0.05, 0.1) is 4.90 Å². The van der Waals surface area contributed by atoms with Crippen molar-refractivity contribution in [3.63, 3.8) is 0 Å². The normalized spacial score (nSPS) is 14.9. The van der Waals surface area contributed by atoms with Gasteiger partial charge in [-0.2, -0.15) is 0 Å². The molecule has 8 heteroatoms. The molecule has 0 aromatic heterocycles. The van der Waals surface area contributed by atoms with E-state index in [2.05, 4.69) is 4.99 Å². The van der Waals surface area contributed by atoms with E-state index in [1.807, 2.05) is 54.4 Å². The predicted octanol–water partition coefficient (Wildman–Crippen LogP) is 4.80. The number of fused-ring (bicyclic) bond motifs is 1. The van der Waals surface area contributed by atoms with Crippen LogP contribution in [-0.4, -0.2) is 56.7 Å². The number of ether oxygens (including phenoxy) is 1. The Morgan fingerprint density at radius 3 is 2.28 bits per heavy atom. The van der Waals surface area contributed by atoms with Crippen molar-refractivity contribution in [3.05, 3.63) is 90.3 Å². The van der Waals surface area contributed by atoms with E-state index < -0.39 is 16.0 Å². The van der Waals surface area contributed by atoms with Gasteiger partial charge in [0.25, 0.3) is 0 Å². The van der Waals surface area contributed by atoms with Crippen LogP contribution >= 0.6 is 0 Å². The molecule has 0 bridgehead atoms. The molecule has 0 amide bonds. The van der Waals surface area contributed by atoms with Crippen LogP contribution in [0.3, 0.4) is 0 Å². The summed E-state index contributed by atoms with van der Waals surface area (Å²) in [6, 6.07) is 22.3. The lowest BCUT2D eigenvalue weighted by atomic mass is 10.0. The average Bonchev–Trinajstić information content (AvgIpc) is 3.25. The lowest BCUT2D eigenvalue weighted by Gasteiger charge is -2.17. The molecule has 1 aliphatic heterocycles. The van der Waals surface area contributed by atoms with Crippen LogP contribution in [0.15, 0.2) is 94.6 Å². The minimum Gasteiger partial charge on any atom is -0.402 e. The molecular formula is C28H31N3O4S. The van der Waals surface area contributed by atoms with Crippen molar-refractivity contribution in [2.45, 2.75) is 30.6 Å². The summed E-state index contributed by atoms with van der Waals surface area (Å²) >= 11 is 0. The summed E-state index contributed by atoms with van der Waals surface area (Å²) in [7, 11) is 0.0901. The summed E-state index contributed by atoms with van der Waals surface area (Å²) in [5.41, 5.74) is 1.08. The highest BCUT2D eigenvalue weighted by molar-refractivity contribution is 7.89. The first-order valence-corrected chi connectivity index (χ1v) is 13.5. The van der Waals surface area contributed by atoms with Crippen LogP contribution < -0.4 is 0 Å². The Labute approximate surface area is 212 Å². The fraction of sp³-hybridized carbons (Fsp3) is 0.286. The van der Waals surface area contributed by atoms with Crippen molar-refractivity contribution < 1.29 is 17.9 Å². The minimum absolute atomic E-state index is 0.285. The van der Waals surface area contributed by atoms with E-state index in [1.54, 1.807) is 43.6 Å². The Hall–Kier alpha value is -3.49. The third-order valence-corrected chi connectivity index (χ3v) is 8.04. The first kappa shape index (κ1) is 25.6. The highest BCUT2D eigenvalue weighted by atomic mass is 32.2. The van der Waals surface area contributed by atoms with Crippen LogP contribution in [0.25, 0.3) is 10.8 Å². The van der Waals surface area contributed by atoms with Crippen molar-refractivity contribution in [2.24, 2.45) is 4.99 Å². The fourth-order valence-electron chi connectivity index (χ4n) is 4.14. The van der Waals surface area contributed by atoms with Crippen molar-refractivity contribution >= 4 is 32.7 Å². The molecule has 0 spiro atoms. The Balaban J connectivity index is 1.24. The zero-order chi connectivity index (χ0) is 25.5. The molecule has 0 atom stereocenters. The zero-order valence-corrected chi connectivity index (χ0v) is 21.4. The number of unbranched alkanes of at least 4 members (excludes halogenated alkanes) is 3. The zero-order valence-electron chi connectivity index (χ0n) is 20.6. The van der Waals surface area contributed by atoms with Crippen LogP contribution in [0, 0.1) is 0 Å². The van der Waals surface area contributed by atoms with E-state index in [0.29, 0.717) is 17.3 Å². The summed E-state index contributed by atoms with van der Waals surface area (Å²) in [4.78, 5) is 19.1. The molecular weight excluding hydrogens is 474 g/mol. The maximum Gasteiger partial charge on any atom is 0.365 e. The maximum atomic E-state index is 12.6. The first-order chi connectivity index (χ1) is 17.4. The number of hydrogen-bond acceptors (Lipinski definition) is 6. The van der Waals surface area contributed by atoms with Crippen molar-refractivity contribution in [1.82, 2.24) is 9.21 Å². The molecule has 3 aromatic rings. The second-order valence-corrected chi connectivity index (χ2v) is 10.9. The van der Waals surface area contributed by atoms with Gasteiger partial charge in [0, 0.05) is 38.9 Å². The fourth-order valence-corrected chi connectivity index (χ4v) is 5.37. The Kier molecular flexibility index (Phi) is 8.18. The van der Waals surface area contributed by atoms with Crippen molar-refractivity contribution in [3.8, 4) is 0 Å². The molecule has 36 heavy (non-hydrogen) atoms. The number of cyclic esters (lactones) is 1. The van der Waals surface area contributed by atoms with Gasteiger partial charge in [-0.3, -0.25) is 0 Å². The largest absolute Gasteiger partial charge is 0.402 e. The molecule has 0 fully saturated rings. The summed E-state index contributed by atoms with van der Waals surface area (Å²) in [5, 5.41) is 2.05. The van der Waals surface area contributed by atoms with Gasteiger partial charge in [-0.05, 0) is 41.8 Å². The van der Waals surface area contributed by atoms with Crippen molar-refractivity contribution in [2.75, 3.05) is 27.2 Å². The Bertz CT molecular complexity index is 1380. The monoisotopic (exact) mass is 505 g/mol. The summed E-state index contributed by atoms with van der Waals surface area (Å²) < 4.78 is 32.0. The molecule has 1 aliphatic rings. The number of carbonyl (C=O) groups is 1. The molecule has 1 heterocycles. The molecule has 3 aromatic carbocycles. The molecule has 188 valence electrons. The molecule has 0 N–H and O–H groups in total. The smallest absolute Gasteiger partial charge is 0.365 e. The Morgan fingerprint density at radius 2 is 1.50 bits per heavy atom. The van der Waals surface area contributed by atoms with Gasteiger partial charge >= 0.3 is 5.97 Å². The second-order valence-electron chi connectivity index (χ2n) is 8.88. The highest BCUT2D eigenvalue weighted by Crippen LogP contribution is 2.24. The SMILES string of the molecule is CN(/C=C1/N=C(c2cccc3ccccc23)OC1=O)CCCCCCN(C)S(=O)(=O)c1ccccc1. The minimum atomic E-state index is -3.44. The lowest BCUT2D eigenvalue weighted by molar-refractivity contribution is -0.130. The van der Waals surface area contributed by atoms with Gasteiger partial charge in [-0.15, -0.1) is 0 Å². The summed E-state index contributed by atoms with van der Waals surface area (Å²) in [6.07, 6.45) is 5.32. The van der Waals surface area contributed by atoms with Crippen LogP contribution in [-0.2, 0) is 19.6 Å².